The van der Waals surface area contributed by atoms with Gasteiger partial charge < -0.3 is 14.4 Å². The van der Waals surface area contributed by atoms with Crippen LogP contribution < -0.4 is 4.90 Å². The zero-order chi connectivity index (χ0) is 20.6. The largest absolute Gasteiger partial charge is 0.390 e. The number of hydrogen-bond donors (Lipinski definition) is 0. The molecule has 0 atom stereocenters. The van der Waals surface area contributed by atoms with Crippen molar-refractivity contribution >= 4 is 17.4 Å². The van der Waals surface area contributed by atoms with E-state index in [2.05, 4.69) is 0 Å². The molecule has 2 aromatic carbocycles. The first kappa shape index (κ1) is 19.6. The van der Waals surface area contributed by atoms with Crippen molar-refractivity contribution in [3.63, 3.8) is 0 Å². The summed E-state index contributed by atoms with van der Waals surface area (Å²) < 4.78 is 49.6. The maximum Gasteiger partial charge on any atom is 0.390 e. The standard InChI is InChI=1S/C21H18F3NO4/c22-20(23,24)9-10-25-17-8-7-15(18(26)14-5-2-1-3-6-14)13-16(17)21(19(25)27)28-11-4-12-29-21/h1-3,5-8,13H,4,9-12H2. The van der Waals surface area contributed by atoms with Crippen molar-refractivity contribution in [2.24, 2.45) is 0 Å². The van der Waals surface area contributed by atoms with Crippen LogP contribution in [0.15, 0.2) is 48.5 Å². The van der Waals surface area contributed by atoms with Gasteiger partial charge in [0.1, 0.15) is 0 Å². The van der Waals surface area contributed by atoms with Crippen LogP contribution in [0.2, 0.25) is 0 Å². The van der Waals surface area contributed by atoms with Crippen LogP contribution in [0.25, 0.3) is 0 Å². The predicted octanol–water partition coefficient (Wildman–Crippen LogP) is 3.81. The van der Waals surface area contributed by atoms with Gasteiger partial charge in [-0.25, -0.2) is 0 Å². The van der Waals surface area contributed by atoms with Crippen molar-refractivity contribution in [2.75, 3.05) is 24.7 Å². The average Bonchev–Trinajstić information content (AvgIpc) is 2.94. The van der Waals surface area contributed by atoms with Crippen molar-refractivity contribution in [1.29, 1.82) is 0 Å². The molecule has 1 amide bonds. The van der Waals surface area contributed by atoms with Crippen molar-refractivity contribution in [2.45, 2.75) is 24.8 Å². The van der Waals surface area contributed by atoms with E-state index in [0.29, 0.717) is 17.5 Å². The Bertz CT molecular complexity index is 937. The third-order valence-electron chi connectivity index (χ3n) is 4.99. The number of benzene rings is 2. The number of hydrogen-bond acceptors (Lipinski definition) is 4. The highest BCUT2D eigenvalue weighted by molar-refractivity contribution is 6.11. The Hall–Kier alpha value is -2.71. The molecule has 1 fully saturated rings. The van der Waals surface area contributed by atoms with Crippen LogP contribution in [0, 0.1) is 0 Å². The topological polar surface area (TPSA) is 55.8 Å². The van der Waals surface area contributed by atoms with Crippen LogP contribution in [0.1, 0.15) is 34.3 Å². The van der Waals surface area contributed by atoms with Gasteiger partial charge in [0, 0.05) is 23.2 Å². The van der Waals surface area contributed by atoms with Gasteiger partial charge in [0.25, 0.3) is 11.7 Å². The minimum atomic E-state index is -4.41. The summed E-state index contributed by atoms with van der Waals surface area (Å²) >= 11 is 0. The highest BCUT2D eigenvalue weighted by Gasteiger charge is 2.55. The van der Waals surface area contributed by atoms with Gasteiger partial charge in [-0.15, -0.1) is 0 Å². The zero-order valence-electron chi connectivity index (χ0n) is 15.4. The predicted molar refractivity (Wildman–Crippen MR) is 97.5 cm³/mol. The van der Waals surface area contributed by atoms with E-state index in [1.807, 2.05) is 0 Å². The lowest BCUT2D eigenvalue weighted by molar-refractivity contribution is -0.256. The van der Waals surface area contributed by atoms with E-state index >= 15 is 0 Å². The van der Waals surface area contributed by atoms with Gasteiger partial charge in [-0.1, -0.05) is 30.3 Å². The maximum atomic E-state index is 13.0. The van der Waals surface area contributed by atoms with Crippen molar-refractivity contribution in [1.82, 2.24) is 0 Å². The van der Waals surface area contributed by atoms with Crippen LogP contribution >= 0.6 is 0 Å². The van der Waals surface area contributed by atoms with Crippen molar-refractivity contribution in [3.8, 4) is 0 Å². The molecule has 0 bridgehead atoms. The Morgan fingerprint density at radius 2 is 1.72 bits per heavy atom. The monoisotopic (exact) mass is 405 g/mol. The number of amides is 1. The fraction of sp³-hybridized carbons (Fsp3) is 0.333. The number of anilines is 1. The van der Waals surface area contributed by atoms with E-state index in [-0.39, 0.29) is 30.2 Å². The summed E-state index contributed by atoms with van der Waals surface area (Å²) in [5, 5.41) is 0. The summed E-state index contributed by atoms with van der Waals surface area (Å²) in [4.78, 5) is 26.9. The van der Waals surface area contributed by atoms with Gasteiger partial charge in [-0.3, -0.25) is 9.59 Å². The Morgan fingerprint density at radius 3 is 2.38 bits per heavy atom. The summed E-state index contributed by atoms with van der Waals surface area (Å²) in [5.41, 5.74) is 1.31. The number of rotatable bonds is 4. The first-order valence-corrected chi connectivity index (χ1v) is 9.23. The molecule has 152 valence electrons. The number of ether oxygens (including phenoxy) is 2. The van der Waals surface area contributed by atoms with Gasteiger partial charge in [-0.2, -0.15) is 13.2 Å². The smallest absolute Gasteiger partial charge is 0.338 e. The molecule has 2 aromatic rings. The van der Waals surface area contributed by atoms with Crippen LogP contribution in [0.5, 0.6) is 0 Å². The van der Waals surface area contributed by atoms with E-state index < -0.39 is 30.8 Å². The summed E-state index contributed by atoms with van der Waals surface area (Å²) in [5.74, 6) is -2.76. The summed E-state index contributed by atoms with van der Waals surface area (Å²) in [6, 6.07) is 13.1. The summed E-state index contributed by atoms with van der Waals surface area (Å²) in [6.45, 7) is -0.0833. The normalized spacial score (nSPS) is 18.2. The molecule has 0 aliphatic carbocycles. The van der Waals surface area contributed by atoms with Gasteiger partial charge >= 0.3 is 6.18 Å². The summed E-state index contributed by atoms with van der Waals surface area (Å²) in [7, 11) is 0. The Kier molecular flexibility index (Phi) is 4.92. The molecule has 8 heteroatoms. The van der Waals surface area contributed by atoms with Gasteiger partial charge in [-0.05, 0) is 24.6 Å². The molecular formula is C21H18F3NO4. The van der Waals surface area contributed by atoms with Gasteiger partial charge in [0.15, 0.2) is 5.78 Å². The molecule has 0 radical (unpaired) electrons. The Balaban J connectivity index is 1.75. The fourth-order valence-corrected chi connectivity index (χ4v) is 3.61. The van der Waals surface area contributed by atoms with Crippen LogP contribution in [-0.4, -0.2) is 37.6 Å². The Morgan fingerprint density at radius 1 is 1.03 bits per heavy atom. The Labute approximate surface area is 165 Å². The average molecular weight is 405 g/mol. The molecule has 2 heterocycles. The van der Waals surface area contributed by atoms with Crippen molar-refractivity contribution < 1.29 is 32.2 Å². The van der Waals surface area contributed by atoms with Gasteiger partial charge in [0.05, 0.1) is 25.3 Å². The highest BCUT2D eigenvalue weighted by Crippen LogP contribution is 2.46. The van der Waals surface area contributed by atoms with Gasteiger partial charge in [0.2, 0.25) is 0 Å². The zero-order valence-corrected chi connectivity index (χ0v) is 15.4. The number of carbonyl (C=O) groups is 2. The van der Waals surface area contributed by atoms with E-state index in [9.17, 15) is 22.8 Å². The molecule has 4 rings (SSSR count). The lowest BCUT2D eigenvalue weighted by atomic mass is 9.98. The van der Waals surface area contributed by atoms with Crippen LogP contribution in [0.3, 0.4) is 0 Å². The van der Waals surface area contributed by atoms with Crippen molar-refractivity contribution in [3.05, 3.63) is 65.2 Å². The molecule has 2 aliphatic rings. The first-order chi connectivity index (χ1) is 13.8. The second-order valence-electron chi connectivity index (χ2n) is 6.92. The van der Waals surface area contributed by atoms with E-state index in [1.165, 1.54) is 18.2 Å². The highest BCUT2D eigenvalue weighted by atomic mass is 19.4. The molecule has 0 unspecified atom stereocenters. The minimum Gasteiger partial charge on any atom is -0.338 e. The van der Waals surface area contributed by atoms with E-state index in [4.69, 9.17) is 9.47 Å². The molecule has 5 nitrogen and oxygen atoms in total. The minimum absolute atomic E-state index is 0.231. The number of carbonyl (C=O) groups excluding carboxylic acids is 2. The second kappa shape index (κ2) is 7.27. The van der Waals surface area contributed by atoms with E-state index in [0.717, 1.165) is 4.90 Å². The third-order valence-corrected chi connectivity index (χ3v) is 4.99. The summed E-state index contributed by atoms with van der Waals surface area (Å²) in [6.07, 6.45) is -5.00. The molecule has 0 N–H and O–H groups in total. The lowest BCUT2D eigenvalue weighted by Gasteiger charge is -2.32. The molecule has 0 aromatic heterocycles. The number of halogens is 3. The molecule has 1 saturated heterocycles. The second-order valence-corrected chi connectivity index (χ2v) is 6.92. The first-order valence-electron chi connectivity index (χ1n) is 9.23. The SMILES string of the molecule is O=C(c1ccccc1)c1ccc2c(c1)C1(OCCCO1)C(=O)N2CCC(F)(F)F. The van der Waals surface area contributed by atoms with E-state index in [1.54, 1.807) is 30.3 Å². The third kappa shape index (κ3) is 3.54. The molecule has 29 heavy (non-hydrogen) atoms. The molecular weight excluding hydrogens is 387 g/mol. The lowest BCUT2D eigenvalue weighted by Crippen LogP contribution is -2.47. The quantitative estimate of drug-likeness (QED) is 0.726. The fourth-order valence-electron chi connectivity index (χ4n) is 3.61. The number of ketones is 1. The maximum absolute atomic E-state index is 13.0. The molecule has 0 saturated carbocycles. The molecule has 1 spiro atoms. The number of fused-ring (bicyclic) bond motifs is 2. The van der Waals surface area contributed by atoms with Crippen LogP contribution in [-0.2, 0) is 20.1 Å². The van der Waals surface area contributed by atoms with Crippen LogP contribution in [0.4, 0.5) is 18.9 Å². The number of nitrogens with zero attached hydrogens (tertiary/aromatic N) is 1. The molecule has 2 aliphatic heterocycles. The number of alkyl halides is 3.